The van der Waals surface area contributed by atoms with Crippen LogP contribution in [0.25, 0.3) is 5.69 Å². The number of benzene rings is 3. The molecular formula is C30H31BrN6O6S2. The molecule has 0 bridgehead atoms. The van der Waals surface area contributed by atoms with Crippen LogP contribution < -0.4 is 15.4 Å². The van der Waals surface area contributed by atoms with Crippen molar-refractivity contribution in [2.45, 2.75) is 23.5 Å². The molecular weight excluding hydrogens is 684 g/mol. The van der Waals surface area contributed by atoms with Crippen molar-refractivity contribution >= 4 is 55.2 Å². The standard InChI is InChI=1S/C30H31BrN6O6S2/c1-2-43-25-11-7-23(8-12-25)33-28(38)20-44-30-35-34-27(37(30)24-9-5-22(31)6-10-24)19-32-29(39)21-3-13-26(14-4-21)45(40,41)36-15-17-42-18-16-36/h3-14H,2,15-20H2,1H3,(H,32,39)(H,33,38). The van der Waals surface area contributed by atoms with Gasteiger partial charge >= 0.3 is 0 Å². The number of nitrogens with one attached hydrogen (secondary N) is 2. The number of morpholine rings is 1. The molecule has 1 aliphatic heterocycles. The van der Waals surface area contributed by atoms with Crippen LogP contribution in [-0.4, -0.2) is 78.0 Å². The number of hydrogen-bond donors (Lipinski definition) is 2. The second kappa shape index (κ2) is 15.0. The predicted molar refractivity (Wildman–Crippen MR) is 173 cm³/mol. The van der Waals surface area contributed by atoms with Crippen LogP contribution in [0.5, 0.6) is 5.75 Å². The van der Waals surface area contributed by atoms with Gasteiger partial charge in [0.25, 0.3) is 5.91 Å². The van der Waals surface area contributed by atoms with E-state index < -0.39 is 15.9 Å². The van der Waals surface area contributed by atoms with Gasteiger partial charge in [0.2, 0.25) is 15.9 Å². The molecule has 236 valence electrons. The van der Waals surface area contributed by atoms with E-state index >= 15 is 0 Å². The van der Waals surface area contributed by atoms with E-state index in [1.165, 1.54) is 40.3 Å². The quantitative estimate of drug-likeness (QED) is 0.207. The second-order valence-corrected chi connectivity index (χ2v) is 13.5. The van der Waals surface area contributed by atoms with Crippen LogP contribution in [0.3, 0.4) is 0 Å². The summed E-state index contributed by atoms with van der Waals surface area (Å²) in [6, 6.07) is 20.4. The van der Waals surface area contributed by atoms with Gasteiger partial charge in [-0.05, 0) is 79.7 Å². The molecule has 5 rings (SSSR count). The van der Waals surface area contributed by atoms with E-state index in [2.05, 4.69) is 36.8 Å². The van der Waals surface area contributed by atoms with Crippen molar-refractivity contribution in [3.05, 3.63) is 88.7 Å². The zero-order valence-corrected chi connectivity index (χ0v) is 27.5. The minimum atomic E-state index is -3.67. The van der Waals surface area contributed by atoms with E-state index in [9.17, 15) is 18.0 Å². The van der Waals surface area contributed by atoms with E-state index in [4.69, 9.17) is 9.47 Å². The summed E-state index contributed by atoms with van der Waals surface area (Å²) < 4.78 is 40.6. The first-order valence-corrected chi connectivity index (χ1v) is 17.3. The molecule has 3 aromatic carbocycles. The van der Waals surface area contributed by atoms with Crippen molar-refractivity contribution in [2.24, 2.45) is 0 Å². The van der Waals surface area contributed by atoms with Crippen LogP contribution in [0.2, 0.25) is 0 Å². The van der Waals surface area contributed by atoms with Gasteiger partial charge in [-0.3, -0.25) is 14.2 Å². The van der Waals surface area contributed by atoms with Gasteiger partial charge in [0.1, 0.15) is 5.75 Å². The number of hydrogen-bond acceptors (Lipinski definition) is 9. The Balaban J connectivity index is 1.25. The third-order valence-corrected chi connectivity index (χ3v) is 10.1. The molecule has 1 aliphatic rings. The smallest absolute Gasteiger partial charge is 0.251 e. The average molecular weight is 716 g/mol. The molecule has 0 unspecified atom stereocenters. The number of sulfonamides is 1. The topological polar surface area (TPSA) is 145 Å². The number of anilines is 1. The number of aromatic nitrogens is 3. The highest BCUT2D eigenvalue weighted by Gasteiger charge is 2.26. The Hall–Kier alpha value is -3.76. The summed E-state index contributed by atoms with van der Waals surface area (Å²) >= 11 is 4.66. The lowest BCUT2D eigenvalue weighted by Gasteiger charge is -2.26. The number of nitrogens with zero attached hydrogens (tertiary/aromatic N) is 4. The van der Waals surface area contributed by atoms with Gasteiger partial charge in [-0.25, -0.2) is 8.42 Å². The van der Waals surface area contributed by atoms with Gasteiger partial charge in [0.15, 0.2) is 11.0 Å². The maximum atomic E-state index is 13.0. The molecule has 0 saturated carbocycles. The lowest BCUT2D eigenvalue weighted by Crippen LogP contribution is -2.40. The Morgan fingerprint density at radius 1 is 0.978 bits per heavy atom. The Bertz CT molecular complexity index is 1730. The average Bonchev–Trinajstić information content (AvgIpc) is 3.47. The van der Waals surface area contributed by atoms with Gasteiger partial charge in [-0.2, -0.15) is 4.31 Å². The van der Waals surface area contributed by atoms with Gasteiger partial charge in [0.05, 0.1) is 37.0 Å². The number of halogens is 1. The molecule has 1 saturated heterocycles. The van der Waals surface area contributed by atoms with E-state index in [1.54, 1.807) is 28.8 Å². The minimum Gasteiger partial charge on any atom is -0.494 e. The molecule has 0 radical (unpaired) electrons. The summed E-state index contributed by atoms with van der Waals surface area (Å²) in [4.78, 5) is 25.8. The maximum Gasteiger partial charge on any atom is 0.251 e. The fraction of sp³-hybridized carbons (Fsp3) is 0.267. The number of ether oxygens (including phenoxy) is 2. The first-order valence-electron chi connectivity index (χ1n) is 14.1. The van der Waals surface area contributed by atoms with Crippen LogP contribution in [0.1, 0.15) is 23.1 Å². The van der Waals surface area contributed by atoms with Crippen molar-refractivity contribution in [1.82, 2.24) is 24.4 Å². The van der Waals surface area contributed by atoms with Gasteiger partial charge in [-0.15, -0.1) is 10.2 Å². The normalized spacial score (nSPS) is 13.7. The number of carbonyl (C=O) groups is 2. The van der Waals surface area contributed by atoms with Crippen LogP contribution in [0.4, 0.5) is 5.69 Å². The second-order valence-electron chi connectivity index (χ2n) is 9.73. The lowest BCUT2D eigenvalue weighted by atomic mass is 10.2. The highest BCUT2D eigenvalue weighted by molar-refractivity contribution is 9.10. The van der Waals surface area contributed by atoms with Crippen molar-refractivity contribution in [3.63, 3.8) is 0 Å². The molecule has 12 nitrogen and oxygen atoms in total. The molecule has 1 fully saturated rings. The highest BCUT2D eigenvalue weighted by atomic mass is 79.9. The third-order valence-electron chi connectivity index (χ3n) is 6.70. The fourth-order valence-corrected chi connectivity index (χ4v) is 6.90. The molecule has 0 atom stereocenters. The third kappa shape index (κ3) is 8.29. The zero-order chi connectivity index (χ0) is 31.8. The van der Waals surface area contributed by atoms with Crippen molar-refractivity contribution in [2.75, 3.05) is 44.0 Å². The van der Waals surface area contributed by atoms with Crippen molar-refractivity contribution in [1.29, 1.82) is 0 Å². The summed E-state index contributed by atoms with van der Waals surface area (Å²) in [6.07, 6.45) is 0. The summed E-state index contributed by atoms with van der Waals surface area (Å²) in [5, 5.41) is 14.8. The number of carbonyl (C=O) groups excluding carboxylic acids is 2. The maximum absolute atomic E-state index is 13.0. The Morgan fingerprint density at radius 3 is 2.33 bits per heavy atom. The van der Waals surface area contributed by atoms with Crippen LogP contribution in [-0.2, 0) is 26.1 Å². The molecule has 0 spiro atoms. The summed E-state index contributed by atoms with van der Waals surface area (Å²) in [7, 11) is -3.67. The van der Waals surface area contributed by atoms with E-state index in [-0.39, 0.29) is 36.2 Å². The molecule has 0 aliphatic carbocycles. The monoisotopic (exact) mass is 714 g/mol. The summed E-state index contributed by atoms with van der Waals surface area (Å²) in [5.41, 5.74) is 1.69. The minimum absolute atomic E-state index is 0.0364. The van der Waals surface area contributed by atoms with Gasteiger partial charge < -0.3 is 20.1 Å². The van der Waals surface area contributed by atoms with E-state index in [1.807, 2.05) is 31.2 Å². The molecule has 2 N–H and O–H groups in total. The highest BCUT2D eigenvalue weighted by Crippen LogP contribution is 2.25. The van der Waals surface area contributed by atoms with Gasteiger partial charge in [-0.1, -0.05) is 27.7 Å². The number of amides is 2. The predicted octanol–water partition coefficient (Wildman–Crippen LogP) is 4.11. The van der Waals surface area contributed by atoms with E-state index in [0.29, 0.717) is 42.1 Å². The molecule has 2 heterocycles. The van der Waals surface area contributed by atoms with Gasteiger partial charge in [0, 0.05) is 34.5 Å². The molecule has 4 aromatic rings. The molecule has 1 aromatic heterocycles. The van der Waals surface area contributed by atoms with Crippen molar-refractivity contribution in [3.8, 4) is 11.4 Å². The first-order chi connectivity index (χ1) is 21.7. The molecule has 2 amide bonds. The zero-order valence-electron chi connectivity index (χ0n) is 24.3. The van der Waals surface area contributed by atoms with Crippen LogP contribution in [0.15, 0.2) is 87.3 Å². The Morgan fingerprint density at radius 2 is 1.67 bits per heavy atom. The van der Waals surface area contributed by atoms with Crippen LogP contribution >= 0.6 is 27.7 Å². The SMILES string of the molecule is CCOc1ccc(NC(=O)CSc2nnc(CNC(=O)c3ccc(S(=O)(=O)N4CCOCC4)cc3)n2-c2ccc(Br)cc2)cc1. The Labute approximate surface area is 273 Å². The summed E-state index contributed by atoms with van der Waals surface area (Å²) in [5.74, 6) is 0.629. The number of rotatable bonds is 12. The first kappa shape index (κ1) is 32.6. The molecule has 15 heteroatoms. The molecule has 45 heavy (non-hydrogen) atoms. The van der Waals surface area contributed by atoms with E-state index in [0.717, 1.165) is 15.9 Å². The number of thioether (sulfide) groups is 1. The van der Waals surface area contributed by atoms with Crippen molar-refractivity contribution < 1.29 is 27.5 Å². The summed E-state index contributed by atoms with van der Waals surface area (Å²) in [6.45, 7) is 3.77. The lowest BCUT2D eigenvalue weighted by molar-refractivity contribution is -0.113. The largest absolute Gasteiger partial charge is 0.494 e. The fourth-order valence-electron chi connectivity index (χ4n) is 4.46. The Kier molecular flexibility index (Phi) is 10.9. The van der Waals surface area contributed by atoms with Crippen LogP contribution in [0, 0.1) is 0 Å².